The van der Waals surface area contributed by atoms with Crippen molar-refractivity contribution in [1.82, 2.24) is 24.8 Å². The van der Waals surface area contributed by atoms with Crippen LogP contribution in [-0.2, 0) is 13.6 Å². The zero-order chi connectivity index (χ0) is 16.6. The van der Waals surface area contributed by atoms with Gasteiger partial charge in [0.05, 0.1) is 24.9 Å². The molecule has 2 aromatic rings. The lowest BCUT2D eigenvalue weighted by Crippen LogP contribution is -2.24. The second-order valence-corrected chi connectivity index (χ2v) is 6.46. The molecule has 0 saturated carbocycles. The van der Waals surface area contributed by atoms with E-state index in [-0.39, 0.29) is 5.92 Å². The quantitative estimate of drug-likeness (QED) is 0.843. The molecule has 0 unspecified atom stereocenters. The topological polar surface area (TPSA) is 69.2 Å². The van der Waals surface area contributed by atoms with Gasteiger partial charge in [0.15, 0.2) is 5.82 Å². The van der Waals surface area contributed by atoms with Crippen molar-refractivity contribution in [2.45, 2.75) is 52.1 Å². The van der Waals surface area contributed by atoms with Crippen molar-refractivity contribution in [2.75, 3.05) is 13.7 Å². The van der Waals surface area contributed by atoms with Crippen molar-refractivity contribution in [3.05, 3.63) is 23.0 Å². The maximum Gasteiger partial charge on any atom is 0.229 e. The minimum Gasteiger partial charge on any atom is -0.481 e. The van der Waals surface area contributed by atoms with E-state index >= 15 is 0 Å². The second-order valence-electron chi connectivity index (χ2n) is 6.46. The zero-order valence-electron chi connectivity index (χ0n) is 14.5. The zero-order valence-corrected chi connectivity index (χ0v) is 14.5. The Hall–Kier alpha value is -1.89. The number of likely N-dealkylation sites (tertiary alicyclic amines) is 1. The number of aromatic nitrogens is 4. The first kappa shape index (κ1) is 16.0. The molecule has 1 atom stereocenters. The summed E-state index contributed by atoms with van der Waals surface area (Å²) in [7, 11) is 3.62. The van der Waals surface area contributed by atoms with Crippen molar-refractivity contribution in [1.29, 1.82) is 0 Å². The van der Waals surface area contributed by atoms with Gasteiger partial charge in [-0.15, -0.1) is 0 Å². The molecule has 3 heterocycles. The van der Waals surface area contributed by atoms with E-state index in [1.54, 1.807) is 7.11 Å². The fraction of sp³-hybridized carbons (Fsp3) is 0.688. The molecule has 3 rings (SSSR count). The maximum absolute atomic E-state index is 5.57. The molecule has 7 nitrogen and oxygen atoms in total. The van der Waals surface area contributed by atoms with E-state index in [1.807, 2.05) is 18.7 Å². The number of hydrogen-bond acceptors (Lipinski definition) is 6. The summed E-state index contributed by atoms with van der Waals surface area (Å²) in [5.74, 6) is 2.55. The molecule has 0 aromatic carbocycles. The Morgan fingerprint density at radius 3 is 2.83 bits per heavy atom. The highest BCUT2D eigenvalue weighted by Gasteiger charge is 2.33. The van der Waals surface area contributed by atoms with Gasteiger partial charge in [0.1, 0.15) is 0 Å². The van der Waals surface area contributed by atoms with Crippen LogP contribution in [-0.4, -0.2) is 38.5 Å². The highest BCUT2D eigenvalue weighted by Crippen LogP contribution is 2.39. The van der Waals surface area contributed by atoms with Crippen molar-refractivity contribution >= 4 is 0 Å². The van der Waals surface area contributed by atoms with E-state index in [4.69, 9.17) is 9.26 Å². The number of ether oxygens (including phenoxy) is 1. The van der Waals surface area contributed by atoms with Crippen LogP contribution in [0.5, 0.6) is 5.88 Å². The molecule has 126 valence electrons. The van der Waals surface area contributed by atoms with Crippen molar-refractivity contribution in [2.24, 2.45) is 7.05 Å². The fourth-order valence-electron chi connectivity index (χ4n) is 3.37. The number of rotatable bonds is 5. The van der Waals surface area contributed by atoms with Crippen LogP contribution < -0.4 is 4.74 Å². The van der Waals surface area contributed by atoms with Gasteiger partial charge in [-0.3, -0.25) is 4.90 Å². The lowest BCUT2D eigenvalue weighted by atomic mass is 10.1. The lowest BCUT2D eigenvalue weighted by molar-refractivity contribution is 0.231. The Labute approximate surface area is 136 Å². The fourth-order valence-corrected chi connectivity index (χ4v) is 3.37. The van der Waals surface area contributed by atoms with Gasteiger partial charge in [0, 0.05) is 19.0 Å². The van der Waals surface area contributed by atoms with E-state index < -0.39 is 0 Å². The van der Waals surface area contributed by atoms with Gasteiger partial charge in [-0.05, 0) is 26.3 Å². The first-order chi connectivity index (χ1) is 11.0. The Morgan fingerprint density at radius 2 is 2.17 bits per heavy atom. The molecule has 0 radical (unpaired) electrons. The first-order valence-electron chi connectivity index (χ1n) is 8.15. The Bertz CT molecular complexity index is 676. The molecule has 0 bridgehead atoms. The average molecular weight is 319 g/mol. The molecule has 0 amide bonds. The first-order valence-corrected chi connectivity index (χ1v) is 8.15. The summed E-state index contributed by atoms with van der Waals surface area (Å²) in [5.41, 5.74) is 2.21. The van der Waals surface area contributed by atoms with Gasteiger partial charge >= 0.3 is 0 Å². The van der Waals surface area contributed by atoms with Gasteiger partial charge in [0.2, 0.25) is 11.8 Å². The highest BCUT2D eigenvalue weighted by molar-refractivity contribution is 5.35. The molecule has 1 aliphatic heterocycles. The molecule has 0 spiro atoms. The number of methoxy groups -OCH3 is 1. The average Bonchev–Trinajstić information content (AvgIpc) is 3.19. The normalized spacial score (nSPS) is 19.0. The molecule has 2 aromatic heterocycles. The minimum atomic E-state index is 0.256. The van der Waals surface area contributed by atoms with Crippen LogP contribution in [0.15, 0.2) is 4.52 Å². The lowest BCUT2D eigenvalue weighted by Gasteiger charge is -2.23. The molecule has 1 aliphatic rings. The Morgan fingerprint density at radius 1 is 1.39 bits per heavy atom. The van der Waals surface area contributed by atoms with Gasteiger partial charge in [-0.25, -0.2) is 4.68 Å². The third kappa shape index (κ3) is 2.97. The van der Waals surface area contributed by atoms with E-state index in [1.165, 1.54) is 5.56 Å². The smallest absolute Gasteiger partial charge is 0.229 e. The van der Waals surface area contributed by atoms with Gasteiger partial charge in [0.25, 0.3) is 0 Å². The van der Waals surface area contributed by atoms with Gasteiger partial charge in [-0.2, -0.15) is 10.1 Å². The Balaban J connectivity index is 1.83. The minimum absolute atomic E-state index is 0.256. The van der Waals surface area contributed by atoms with Crippen LogP contribution in [0.3, 0.4) is 0 Å². The van der Waals surface area contributed by atoms with Gasteiger partial charge < -0.3 is 9.26 Å². The summed E-state index contributed by atoms with van der Waals surface area (Å²) in [5, 5.41) is 8.63. The third-order valence-corrected chi connectivity index (χ3v) is 4.43. The Kier molecular flexibility index (Phi) is 4.39. The maximum atomic E-state index is 5.57. The molecule has 7 heteroatoms. The number of nitrogens with zero attached hydrogens (tertiary/aromatic N) is 5. The van der Waals surface area contributed by atoms with E-state index in [2.05, 4.69) is 34.0 Å². The summed E-state index contributed by atoms with van der Waals surface area (Å²) in [6.07, 6.45) is 2.24. The molecule has 0 N–H and O–H groups in total. The van der Waals surface area contributed by atoms with Crippen LogP contribution in [0.1, 0.15) is 61.6 Å². The summed E-state index contributed by atoms with van der Waals surface area (Å²) in [6.45, 7) is 7.87. The largest absolute Gasteiger partial charge is 0.481 e. The standard InChI is InChI=1S/C16H25N5O2/c1-10(2)15-17-13(19-23-15)9-21-8-6-7-12(21)14-11(3)18-20(4)16(14)22-5/h10,12H,6-9H2,1-5H3/t12-/m0/s1. The van der Waals surface area contributed by atoms with Gasteiger partial charge in [-0.1, -0.05) is 19.0 Å². The predicted molar refractivity (Wildman–Crippen MR) is 85.3 cm³/mol. The SMILES string of the molecule is COc1c([C@@H]2CCCN2Cc2noc(C(C)C)n2)c(C)nn1C. The van der Waals surface area contributed by atoms with E-state index in [9.17, 15) is 0 Å². The highest BCUT2D eigenvalue weighted by atomic mass is 16.5. The number of aryl methyl sites for hydroxylation is 2. The van der Waals surface area contributed by atoms with E-state index in [0.717, 1.165) is 36.8 Å². The molecule has 1 fully saturated rings. The molecule has 0 aliphatic carbocycles. The third-order valence-electron chi connectivity index (χ3n) is 4.43. The monoisotopic (exact) mass is 319 g/mol. The molecule has 23 heavy (non-hydrogen) atoms. The van der Waals surface area contributed by atoms with Crippen LogP contribution in [0.2, 0.25) is 0 Å². The molecular formula is C16H25N5O2. The second kappa shape index (κ2) is 6.31. The molecule has 1 saturated heterocycles. The van der Waals surface area contributed by atoms with Crippen LogP contribution in [0, 0.1) is 6.92 Å². The van der Waals surface area contributed by atoms with Crippen LogP contribution in [0.25, 0.3) is 0 Å². The van der Waals surface area contributed by atoms with Crippen LogP contribution in [0.4, 0.5) is 0 Å². The van der Waals surface area contributed by atoms with Crippen molar-refractivity contribution in [3.8, 4) is 5.88 Å². The van der Waals surface area contributed by atoms with E-state index in [0.29, 0.717) is 18.5 Å². The predicted octanol–water partition coefficient (Wildman–Crippen LogP) is 2.58. The summed E-state index contributed by atoms with van der Waals surface area (Å²) in [4.78, 5) is 6.89. The number of hydrogen-bond donors (Lipinski definition) is 0. The van der Waals surface area contributed by atoms with Crippen LogP contribution >= 0.6 is 0 Å². The summed E-state index contributed by atoms with van der Waals surface area (Å²) in [6, 6.07) is 0.291. The summed E-state index contributed by atoms with van der Waals surface area (Å²) >= 11 is 0. The summed E-state index contributed by atoms with van der Waals surface area (Å²) < 4.78 is 12.7. The molecular weight excluding hydrogens is 294 g/mol. The van der Waals surface area contributed by atoms with Crippen molar-refractivity contribution in [3.63, 3.8) is 0 Å². The van der Waals surface area contributed by atoms with Crippen molar-refractivity contribution < 1.29 is 9.26 Å².